The van der Waals surface area contributed by atoms with E-state index in [1.54, 1.807) is 37.2 Å². The van der Waals surface area contributed by atoms with Crippen LogP contribution in [0.5, 0.6) is 11.5 Å². The highest BCUT2D eigenvalue weighted by Crippen LogP contribution is 2.28. The number of carbonyl (C=O) groups excluding carboxylic acids is 1. The Morgan fingerprint density at radius 3 is 2.63 bits per heavy atom. The Labute approximate surface area is 203 Å². The van der Waals surface area contributed by atoms with E-state index < -0.39 is 0 Å². The van der Waals surface area contributed by atoms with Crippen LogP contribution in [0.25, 0.3) is 17.3 Å². The fourth-order valence-electron chi connectivity index (χ4n) is 3.41. The molecule has 1 aromatic carbocycles. The second-order valence-corrected chi connectivity index (χ2v) is 8.91. The molecule has 0 radical (unpaired) electrons. The molecule has 0 saturated heterocycles. The van der Waals surface area contributed by atoms with E-state index in [9.17, 15) is 4.79 Å². The molecular formula is C25H28N6O4. The monoisotopic (exact) mass is 476 g/mol. The SMILES string of the molecule is COc1ccc(CCNC(=O)c2cn(-c3ncccc3-c3nc(C(C)(C)C)no3)cn2)cc1OC. The number of hydrogen-bond acceptors (Lipinski definition) is 8. The summed E-state index contributed by atoms with van der Waals surface area (Å²) in [7, 11) is 3.19. The Morgan fingerprint density at radius 2 is 1.91 bits per heavy atom. The molecule has 0 unspecified atom stereocenters. The van der Waals surface area contributed by atoms with Crippen molar-refractivity contribution >= 4 is 5.91 Å². The standard InChI is InChI=1S/C25H28N6O4/c1-25(2,3)24-29-23(35-30-24)17-7-6-11-26-21(17)31-14-18(28-15-31)22(32)27-12-10-16-8-9-19(33-4)20(13-16)34-5/h6-9,11,13-15H,10,12H2,1-5H3,(H,27,32). The van der Waals surface area contributed by atoms with E-state index in [0.29, 0.717) is 47.6 Å². The summed E-state index contributed by atoms with van der Waals surface area (Å²) in [5, 5.41) is 6.99. The molecule has 35 heavy (non-hydrogen) atoms. The lowest BCUT2D eigenvalue weighted by molar-refractivity contribution is 0.0949. The molecule has 0 atom stereocenters. The lowest BCUT2D eigenvalue weighted by atomic mass is 9.96. The number of carbonyl (C=O) groups is 1. The number of hydrogen-bond donors (Lipinski definition) is 1. The van der Waals surface area contributed by atoms with E-state index in [1.807, 2.05) is 45.0 Å². The van der Waals surface area contributed by atoms with Gasteiger partial charge in [-0.05, 0) is 36.2 Å². The predicted octanol–water partition coefficient (Wildman–Crippen LogP) is 3.60. The van der Waals surface area contributed by atoms with Gasteiger partial charge in [-0.3, -0.25) is 9.36 Å². The van der Waals surface area contributed by atoms with E-state index in [4.69, 9.17) is 14.0 Å². The van der Waals surface area contributed by atoms with Gasteiger partial charge >= 0.3 is 0 Å². The van der Waals surface area contributed by atoms with Crippen molar-refractivity contribution in [3.8, 4) is 28.8 Å². The van der Waals surface area contributed by atoms with E-state index in [-0.39, 0.29) is 17.0 Å². The zero-order valence-corrected chi connectivity index (χ0v) is 20.4. The second kappa shape index (κ2) is 9.96. The van der Waals surface area contributed by atoms with Crippen molar-refractivity contribution in [3.05, 3.63) is 66.1 Å². The first kappa shape index (κ1) is 23.9. The average molecular weight is 477 g/mol. The third-order valence-electron chi connectivity index (χ3n) is 5.32. The van der Waals surface area contributed by atoms with Crippen LogP contribution < -0.4 is 14.8 Å². The molecule has 0 aliphatic heterocycles. The maximum absolute atomic E-state index is 12.7. The third-order valence-corrected chi connectivity index (χ3v) is 5.32. The maximum atomic E-state index is 12.7. The second-order valence-electron chi connectivity index (χ2n) is 8.91. The molecule has 0 saturated carbocycles. The molecule has 182 valence electrons. The van der Waals surface area contributed by atoms with Crippen LogP contribution in [0.1, 0.15) is 42.6 Å². The minimum Gasteiger partial charge on any atom is -0.493 e. The van der Waals surface area contributed by atoms with Gasteiger partial charge in [0, 0.05) is 24.4 Å². The van der Waals surface area contributed by atoms with Gasteiger partial charge in [0.25, 0.3) is 11.8 Å². The Bertz CT molecular complexity index is 1320. The molecule has 3 heterocycles. The maximum Gasteiger partial charge on any atom is 0.271 e. The fourth-order valence-corrected chi connectivity index (χ4v) is 3.41. The smallest absolute Gasteiger partial charge is 0.271 e. The van der Waals surface area contributed by atoms with E-state index in [2.05, 4.69) is 25.4 Å². The number of nitrogens with zero attached hydrogens (tertiary/aromatic N) is 5. The lowest BCUT2D eigenvalue weighted by Gasteiger charge is -2.11. The zero-order chi connectivity index (χ0) is 25.0. The number of ether oxygens (including phenoxy) is 2. The fraction of sp³-hybridized carbons (Fsp3) is 0.320. The molecule has 0 fully saturated rings. The van der Waals surface area contributed by atoms with Gasteiger partial charge in [-0.1, -0.05) is 32.0 Å². The van der Waals surface area contributed by atoms with E-state index in [0.717, 1.165) is 5.56 Å². The van der Waals surface area contributed by atoms with Crippen LogP contribution in [0.2, 0.25) is 0 Å². The van der Waals surface area contributed by atoms with E-state index in [1.165, 1.54) is 6.33 Å². The van der Waals surface area contributed by atoms with Crippen molar-refractivity contribution < 1.29 is 18.8 Å². The van der Waals surface area contributed by atoms with Crippen LogP contribution in [0, 0.1) is 0 Å². The summed E-state index contributed by atoms with van der Waals surface area (Å²) >= 11 is 0. The lowest BCUT2D eigenvalue weighted by Crippen LogP contribution is -2.26. The number of rotatable bonds is 8. The van der Waals surface area contributed by atoms with Gasteiger partial charge in [-0.15, -0.1) is 0 Å². The molecule has 0 aliphatic rings. The highest BCUT2D eigenvalue weighted by molar-refractivity contribution is 5.92. The highest BCUT2D eigenvalue weighted by Gasteiger charge is 2.23. The van der Waals surface area contributed by atoms with Crippen LogP contribution in [0.3, 0.4) is 0 Å². The Morgan fingerprint density at radius 1 is 1.11 bits per heavy atom. The summed E-state index contributed by atoms with van der Waals surface area (Å²) in [6.07, 6.45) is 5.45. The molecule has 10 heteroatoms. The normalized spacial score (nSPS) is 11.3. The Hall–Kier alpha value is -4.21. The first-order chi connectivity index (χ1) is 16.8. The molecule has 4 rings (SSSR count). The number of aromatic nitrogens is 5. The number of benzene rings is 1. The molecular weight excluding hydrogens is 448 g/mol. The number of imidazole rings is 1. The van der Waals surface area contributed by atoms with Crippen molar-refractivity contribution in [2.24, 2.45) is 0 Å². The van der Waals surface area contributed by atoms with Gasteiger partial charge in [0.15, 0.2) is 23.1 Å². The van der Waals surface area contributed by atoms with Crippen LogP contribution in [-0.2, 0) is 11.8 Å². The minimum absolute atomic E-state index is 0.249. The van der Waals surface area contributed by atoms with Crippen LogP contribution in [-0.4, -0.2) is 51.3 Å². The summed E-state index contributed by atoms with van der Waals surface area (Å²) in [5.74, 6) is 2.52. The topological polar surface area (TPSA) is 117 Å². The number of pyridine rings is 1. The van der Waals surface area contributed by atoms with Crippen molar-refractivity contribution in [1.29, 1.82) is 0 Å². The summed E-state index contributed by atoms with van der Waals surface area (Å²) in [4.78, 5) is 25.9. The van der Waals surface area contributed by atoms with Crippen LogP contribution in [0.15, 0.2) is 53.6 Å². The van der Waals surface area contributed by atoms with Gasteiger partial charge in [0.2, 0.25) is 0 Å². The van der Waals surface area contributed by atoms with Gasteiger partial charge < -0.3 is 19.3 Å². The molecule has 0 bridgehead atoms. The molecule has 1 N–H and O–H groups in total. The average Bonchev–Trinajstić information content (AvgIpc) is 3.54. The van der Waals surface area contributed by atoms with Gasteiger partial charge in [0.05, 0.1) is 19.8 Å². The van der Waals surface area contributed by atoms with E-state index >= 15 is 0 Å². The molecule has 4 aromatic rings. The Balaban J connectivity index is 1.45. The Kier molecular flexibility index (Phi) is 6.81. The zero-order valence-electron chi connectivity index (χ0n) is 20.4. The van der Waals surface area contributed by atoms with Crippen LogP contribution >= 0.6 is 0 Å². The van der Waals surface area contributed by atoms with Crippen molar-refractivity contribution in [1.82, 2.24) is 30.0 Å². The van der Waals surface area contributed by atoms with Crippen molar-refractivity contribution in [3.63, 3.8) is 0 Å². The number of nitrogens with one attached hydrogen (secondary N) is 1. The first-order valence-electron chi connectivity index (χ1n) is 11.1. The molecule has 0 aliphatic carbocycles. The van der Waals surface area contributed by atoms with Gasteiger partial charge in [-0.2, -0.15) is 4.98 Å². The minimum atomic E-state index is -0.283. The van der Waals surface area contributed by atoms with Gasteiger partial charge in [0.1, 0.15) is 12.0 Å². The summed E-state index contributed by atoms with van der Waals surface area (Å²) < 4.78 is 17.7. The molecule has 10 nitrogen and oxygen atoms in total. The molecule has 1 amide bonds. The largest absolute Gasteiger partial charge is 0.493 e. The summed E-state index contributed by atoms with van der Waals surface area (Å²) in [5.41, 5.74) is 1.69. The first-order valence-corrected chi connectivity index (χ1v) is 11.1. The quantitative estimate of drug-likeness (QED) is 0.410. The molecule has 3 aromatic heterocycles. The van der Waals surface area contributed by atoms with Gasteiger partial charge in [-0.25, -0.2) is 9.97 Å². The summed E-state index contributed by atoms with van der Waals surface area (Å²) in [6, 6.07) is 9.30. The van der Waals surface area contributed by atoms with Crippen LogP contribution in [0.4, 0.5) is 0 Å². The van der Waals surface area contributed by atoms with Crippen molar-refractivity contribution in [2.75, 3.05) is 20.8 Å². The molecule has 0 spiro atoms. The predicted molar refractivity (Wildman–Crippen MR) is 129 cm³/mol. The van der Waals surface area contributed by atoms with Crippen molar-refractivity contribution in [2.45, 2.75) is 32.6 Å². The summed E-state index contributed by atoms with van der Waals surface area (Å²) in [6.45, 7) is 6.47. The number of amides is 1. The highest BCUT2D eigenvalue weighted by atomic mass is 16.5. The third kappa shape index (κ3) is 5.32. The number of methoxy groups -OCH3 is 2.